The van der Waals surface area contributed by atoms with Crippen LogP contribution in [0, 0.1) is 6.92 Å². The van der Waals surface area contributed by atoms with Gasteiger partial charge in [-0.25, -0.2) is 0 Å². The molecule has 0 amide bonds. The molecule has 0 saturated carbocycles. The largest absolute Gasteiger partial charge is 0.487 e. The number of nitrogens with two attached hydrogens (primary N) is 1. The molecule has 0 saturated heterocycles. The van der Waals surface area contributed by atoms with E-state index >= 15 is 0 Å². The van der Waals surface area contributed by atoms with Crippen LogP contribution in [0.2, 0.25) is 0 Å². The number of hydrogen-bond donors (Lipinski definition) is 1. The van der Waals surface area contributed by atoms with Crippen LogP contribution < -0.4 is 10.5 Å². The van der Waals surface area contributed by atoms with E-state index in [1.54, 1.807) is 6.07 Å². The summed E-state index contributed by atoms with van der Waals surface area (Å²) >= 11 is 3.56. The van der Waals surface area contributed by atoms with Gasteiger partial charge in [0.05, 0.1) is 4.47 Å². The summed E-state index contributed by atoms with van der Waals surface area (Å²) in [5, 5.41) is 3.71. The van der Waals surface area contributed by atoms with Gasteiger partial charge in [0.2, 0.25) is 0 Å². The molecule has 1 aromatic heterocycles. The lowest BCUT2D eigenvalue weighted by Gasteiger charge is -2.12. The molecule has 3 aromatic rings. The number of aryl methyl sites for hydroxylation is 1. The summed E-state index contributed by atoms with van der Waals surface area (Å²) in [4.78, 5) is 0. The molecule has 0 atom stereocenters. The molecular weight excluding hydrogens is 344 g/mol. The van der Waals surface area contributed by atoms with Crippen LogP contribution in [0.4, 0.5) is 5.82 Å². The van der Waals surface area contributed by atoms with E-state index in [0.29, 0.717) is 18.2 Å². The first-order chi connectivity index (χ1) is 10.6. The predicted octanol–water partition coefficient (Wildman–Crippen LogP) is 4.57. The van der Waals surface area contributed by atoms with Gasteiger partial charge in [0.15, 0.2) is 11.6 Å². The van der Waals surface area contributed by atoms with E-state index in [2.05, 4.69) is 21.1 Å². The number of ether oxygens (including phenoxy) is 1. The van der Waals surface area contributed by atoms with Gasteiger partial charge in [-0.3, -0.25) is 0 Å². The van der Waals surface area contributed by atoms with Crippen LogP contribution in [-0.4, -0.2) is 5.16 Å². The molecule has 2 aromatic carbocycles. The fraction of sp³-hybridized carbons (Fsp3) is 0.118. The summed E-state index contributed by atoms with van der Waals surface area (Å²) in [7, 11) is 0. The molecule has 5 heteroatoms. The lowest BCUT2D eigenvalue weighted by molar-refractivity contribution is 0.302. The molecular formula is C17H15BrN2O2. The van der Waals surface area contributed by atoms with Gasteiger partial charge in [0.1, 0.15) is 12.4 Å². The van der Waals surface area contributed by atoms with Crippen molar-refractivity contribution >= 4 is 21.7 Å². The monoisotopic (exact) mass is 358 g/mol. The maximum atomic E-state index is 5.93. The minimum Gasteiger partial charge on any atom is -0.487 e. The maximum Gasteiger partial charge on any atom is 0.169 e. The molecule has 0 unspecified atom stereocenters. The lowest BCUT2D eigenvalue weighted by Crippen LogP contribution is -1.98. The van der Waals surface area contributed by atoms with Gasteiger partial charge in [-0.2, -0.15) is 0 Å². The average molecular weight is 359 g/mol. The van der Waals surface area contributed by atoms with Crippen LogP contribution in [0.1, 0.15) is 11.1 Å². The van der Waals surface area contributed by atoms with Crippen molar-refractivity contribution < 1.29 is 9.26 Å². The first-order valence-corrected chi connectivity index (χ1v) is 7.62. The smallest absolute Gasteiger partial charge is 0.169 e. The Hall–Kier alpha value is -2.27. The highest BCUT2D eigenvalue weighted by Crippen LogP contribution is 2.35. The zero-order chi connectivity index (χ0) is 15.5. The van der Waals surface area contributed by atoms with Gasteiger partial charge in [0, 0.05) is 11.6 Å². The second-order valence-electron chi connectivity index (χ2n) is 4.99. The lowest BCUT2D eigenvalue weighted by atomic mass is 10.1. The number of nitrogens with zero attached hydrogens (tertiary/aromatic N) is 1. The Morgan fingerprint density at radius 3 is 2.59 bits per heavy atom. The van der Waals surface area contributed by atoms with Gasteiger partial charge in [-0.15, -0.1) is 0 Å². The van der Waals surface area contributed by atoms with E-state index in [4.69, 9.17) is 15.0 Å². The number of nitrogen functional groups attached to an aromatic ring is 1. The third-order valence-electron chi connectivity index (χ3n) is 3.27. The number of aromatic nitrogens is 1. The first-order valence-electron chi connectivity index (χ1n) is 6.83. The highest BCUT2D eigenvalue weighted by atomic mass is 79.9. The second kappa shape index (κ2) is 6.23. The summed E-state index contributed by atoms with van der Waals surface area (Å²) in [6, 6.07) is 15.7. The summed E-state index contributed by atoms with van der Waals surface area (Å²) in [5.41, 5.74) is 8.63. The topological polar surface area (TPSA) is 61.3 Å². The van der Waals surface area contributed by atoms with Crippen LogP contribution in [0.3, 0.4) is 0 Å². The minimum absolute atomic E-state index is 0.369. The molecule has 0 aliphatic carbocycles. The molecule has 0 spiro atoms. The molecule has 22 heavy (non-hydrogen) atoms. The molecule has 0 radical (unpaired) electrons. The molecule has 0 fully saturated rings. The second-order valence-corrected chi connectivity index (χ2v) is 5.85. The summed E-state index contributed by atoms with van der Waals surface area (Å²) in [6.07, 6.45) is 0. The fourth-order valence-corrected chi connectivity index (χ4v) is 2.88. The molecule has 0 aliphatic heterocycles. The van der Waals surface area contributed by atoms with Crippen molar-refractivity contribution in [3.8, 4) is 17.1 Å². The molecule has 0 aliphatic rings. The number of anilines is 1. The van der Waals surface area contributed by atoms with Crippen LogP contribution in [0.15, 0.2) is 57.5 Å². The van der Waals surface area contributed by atoms with Crippen molar-refractivity contribution in [3.05, 3.63) is 64.1 Å². The molecule has 1 heterocycles. The van der Waals surface area contributed by atoms with Crippen LogP contribution in [0.25, 0.3) is 11.3 Å². The number of halogens is 1. The first kappa shape index (κ1) is 14.7. The standard InChI is InChI=1S/C17H15BrN2O2/c1-11-7-13(15-9-16(19)20-22-15)8-14(18)17(11)21-10-12-5-3-2-4-6-12/h2-9H,10H2,1H3,(H2,19,20). The summed E-state index contributed by atoms with van der Waals surface area (Å²) in [6.45, 7) is 2.52. The van der Waals surface area contributed by atoms with E-state index in [0.717, 1.165) is 26.9 Å². The van der Waals surface area contributed by atoms with E-state index < -0.39 is 0 Å². The van der Waals surface area contributed by atoms with E-state index in [1.165, 1.54) is 0 Å². The quantitative estimate of drug-likeness (QED) is 0.741. The minimum atomic E-state index is 0.369. The van der Waals surface area contributed by atoms with Crippen molar-refractivity contribution in [1.29, 1.82) is 0 Å². The molecule has 4 nitrogen and oxygen atoms in total. The Labute approximate surface area is 137 Å². The molecule has 3 rings (SSSR count). The van der Waals surface area contributed by atoms with Crippen molar-refractivity contribution in [2.45, 2.75) is 13.5 Å². The number of benzene rings is 2. The van der Waals surface area contributed by atoms with Crippen LogP contribution >= 0.6 is 15.9 Å². The Balaban J connectivity index is 1.84. The zero-order valence-corrected chi connectivity index (χ0v) is 13.6. The summed E-state index contributed by atoms with van der Waals surface area (Å²) < 4.78 is 12.0. The maximum absolute atomic E-state index is 5.93. The van der Waals surface area contributed by atoms with Crippen LogP contribution in [0.5, 0.6) is 5.75 Å². The Morgan fingerprint density at radius 1 is 1.18 bits per heavy atom. The van der Waals surface area contributed by atoms with Crippen molar-refractivity contribution in [2.75, 3.05) is 5.73 Å². The van der Waals surface area contributed by atoms with E-state index in [1.807, 2.05) is 49.4 Å². The zero-order valence-electron chi connectivity index (χ0n) is 12.0. The Morgan fingerprint density at radius 2 is 1.95 bits per heavy atom. The third kappa shape index (κ3) is 3.14. The molecule has 0 bridgehead atoms. The average Bonchev–Trinajstić information content (AvgIpc) is 2.94. The van der Waals surface area contributed by atoms with Crippen molar-refractivity contribution in [2.24, 2.45) is 0 Å². The SMILES string of the molecule is Cc1cc(-c2cc(N)no2)cc(Br)c1OCc1ccccc1. The fourth-order valence-electron chi connectivity index (χ4n) is 2.21. The molecule has 112 valence electrons. The highest BCUT2D eigenvalue weighted by molar-refractivity contribution is 9.10. The van der Waals surface area contributed by atoms with Gasteiger partial charge < -0.3 is 15.0 Å². The van der Waals surface area contributed by atoms with Crippen LogP contribution in [-0.2, 0) is 6.61 Å². The molecule has 2 N–H and O–H groups in total. The van der Waals surface area contributed by atoms with Gasteiger partial charge >= 0.3 is 0 Å². The summed E-state index contributed by atoms with van der Waals surface area (Å²) in [5.74, 6) is 1.82. The Bertz CT molecular complexity index is 761. The van der Waals surface area contributed by atoms with Gasteiger partial charge in [-0.1, -0.05) is 35.5 Å². The van der Waals surface area contributed by atoms with Gasteiger partial charge in [-0.05, 0) is 46.1 Å². The highest BCUT2D eigenvalue weighted by Gasteiger charge is 2.12. The van der Waals surface area contributed by atoms with E-state index in [9.17, 15) is 0 Å². The third-order valence-corrected chi connectivity index (χ3v) is 3.86. The number of hydrogen-bond acceptors (Lipinski definition) is 4. The predicted molar refractivity (Wildman–Crippen MR) is 89.6 cm³/mol. The van der Waals surface area contributed by atoms with Crippen molar-refractivity contribution in [3.63, 3.8) is 0 Å². The van der Waals surface area contributed by atoms with Gasteiger partial charge in [0.25, 0.3) is 0 Å². The normalized spacial score (nSPS) is 10.6. The van der Waals surface area contributed by atoms with Crippen molar-refractivity contribution in [1.82, 2.24) is 5.16 Å². The Kier molecular flexibility index (Phi) is 4.15. The van der Waals surface area contributed by atoms with E-state index in [-0.39, 0.29) is 0 Å². The number of rotatable bonds is 4.